The summed E-state index contributed by atoms with van der Waals surface area (Å²) in [4.78, 5) is 21.7. The highest BCUT2D eigenvalue weighted by Gasteiger charge is 2.39. The molecule has 0 aliphatic heterocycles. The lowest BCUT2D eigenvalue weighted by Gasteiger charge is -2.40. The van der Waals surface area contributed by atoms with Crippen LogP contribution in [0.3, 0.4) is 0 Å². The van der Waals surface area contributed by atoms with Gasteiger partial charge in [0.1, 0.15) is 6.54 Å². The average molecular weight is 268 g/mol. The summed E-state index contributed by atoms with van der Waals surface area (Å²) in [5.74, 6) is -0.966. The van der Waals surface area contributed by atoms with Gasteiger partial charge in [-0.2, -0.15) is 13.2 Å². The number of amides is 2. The van der Waals surface area contributed by atoms with E-state index in [0.29, 0.717) is 12.8 Å². The van der Waals surface area contributed by atoms with Crippen molar-refractivity contribution in [3.8, 4) is 0 Å². The predicted octanol–water partition coefficient (Wildman–Crippen LogP) is 1.49. The van der Waals surface area contributed by atoms with E-state index < -0.39 is 30.1 Å². The molecular weight excluding hydrogens is 253 g/mol. The van der Waals surface area contributed by atoms with E-state index in [1.54, 1.807) is 5.32 Å². The first kappa shape index (κ1) is 14.6. The summed E-state index contributed by atoms with van der Waals surface area (Å²) in [6.45, 7) is -1.31. The van der Waals surface area contributed by atoms with Crippen molar-refractivity contribution >= 4 is 12.0 Å². The van der Waals surface area contributed by atoms with Crippen molar-refractivity contribution in [2.45, 2.75) is 31.9 Å². The summed E-state index contributed by atoms with van der Waals surface area (Å²) in [6.07, 6.45) is -2.32. The smallest absolute Gasteiger partial charge is 0.405 e. The molecule has 104 valence electrons. The minimum absolute atomic E-state index is 0.0768. The Hall–Kier alpha value is -1.47. The van der Waals surface area contributed by atoms with E-state index in [-0.39, 0.29) is 13.0 Å². The van der Waals surface area contributed by atoms with E-state index in [4.69, 9.17) is 5.11 Å². The van der Waals surface area contributed by atoms with Crippen molar-refractivity contribution in [3.05, 3.63) is 0 Å². The van der Waals surface area contributed by atoms with E-state index in [1.165, 1.54) is 0 Å². The molecule has 1 rings (SSSR count). The SMILES string of the molecule is O=C(O)CC1(CNC(=O)NCC(F)(F)F)CCC1. The number of hydrogen-bond acceptors (Lipinski definition) is 2. The van der Waals surface area contributed by atoms with Gasteiger partial charge in [-0.1, -0.05) is 6.42 Å². The summed E-state index contributed by atoms with van der Waals surface area (Å²) in [6, 6.07) is -0.927. The predicted molar refractivity (Wildman–Crippen MR) is 56.0 cm³/mol. The van der Waals surface area contributed by atoms with Crippen LogP contribution in [0, 0.1) is 5.41 Å². The Labute approximate surface area is 102 Å². The van der Waals surface area contributed by atoms with Crippen molar-refractivity contribution in [2.24, 2.45) is 5.41 Å². The van der Waals surface area contributed by atoms with E-state index >= 15 is 0 Å². The van der Waals surface area contributed by atoms with Gasteiger partial charge in [0.2, 0.25) is 0 Å². The lowest BCUT2D eigenvalue weighted by atomic mass is 9.66. The summed E-state index contributed by atoms with van der Waals surface area (Å²) in [7, 11) is 0. The fourth-order valence-electron chi connectivity index (χ4n) is 1.92. The Morgan fingerprint density at radius 3 is 2.22 bits per heavy atom. The van der Waals surface area contributed by atoms with E-state index in [0.717, 1.165) is 6.42 Å². The second-order valence-corrected chi connectivity index (χ2v) is 4.58. The first-order chi connectivity index (χ1) is 8.22. The minimum atomic E-state index is -4.45. The molecule has 18 heavy (non-hydrogen) atoms. The molecule has 1 fully saturated rings. The number of hydrogen-bond donors (Lipinski definition) is 3. The molecule has 0 atom stereocenters. The molecule has 0 radical (unpaired) electrons. The quantitative estimate of drug-likeness (QED) is 0.707. The molecule has 1 saturated carbocycles. The molecule has 0 saturated heterocycles. The number of nitrogens with one attached hydrogen (secondary N) is 2. The van der Waals surface area contributed by atoms with Gasteiger partial charge in [0.05, 0.1) is 6.42 Å². The van der Waals surface area contributed by atoms with Crippen LogP contribution in [0.1, 0.15) is 25.7 Å². The number of urea groups is 1. The van der Waals surface area contributed by atoms with Crippen LogP contribution < -0.4 is 10.6 Å². The maximum Gasteiger partial charge on any atom is 0.405 e. The first-order valence-corrected chi connectivity index (χ1v) is 5.53. The number of carbonyl (C=O) groups is 2. The molecule has 0 bridgehead atoms. The molecule has 0 aromatic carbocycles. The fraction of sp³-hybridized carbons (Fsp3) is 0.800. The molecular formula is C10H15F3N2O3. The normalized spacial score (nSPS) is 17.7. The van der Waals surface area contributed by atoms with Crippen LogP contribution in [-0.2, 0) is 4.79 Å². The topological polar surface area (TPSA) is 78.4 Å². The van der Waals surface area contributed by atoms with Crippen LogP contribution in [0.4, 0.5) is 18.0 Å². The zero-order valence-corrected chi connectivity index (χ0v) is 9.64. The molecule has 0 spiro atoms. The van der Waals surface area contributed by atoms with Gasteiger partial charge in [0.25, 0.3) is 0 Å². The van der Waals surface area contributed by atoms with Crippen molar-refractivity contribution in [3.63, 3.8) is 0 Å². The lowest BCUT2D eigenvalue weighted by molar-refractivity contribution is -0.141. The highest BCUT2D eigenvalue weighted by Crippen LogP contribution is 2.43. The molecule has 0 heterocycles. The average Bonchev–Trinajstić information content (AvgIpc) is 2.17. The van der Waals surface area contributed by atoms with Crippen molar-refractivity contribution in [1.29, 1.82) is 0 Å². The molecule has 3 N–H and O–H groups in total. The molecule has 1 aliphatic rings. The van der Waals surface area contributed by atoms with E-state index in [9.17, 15) is 22.8 Å². The van der Waals surface area contributed by atoms with Crippen LogP contribution in [0.25, 0.3) is 0 Å². The minimum Gasteiger partial charge on any atom is -0.481 e. The standard InChI is InChI=1S/C10H15F3N2O3/c11-10(12,13)6-15-8(18)14-5-9(2-1-3-9)4-7(16)17/h1-6H2,(H,16,17)(H2,14,15,18). The highest BCUT2D eigenvalue weighted by atomic mass is 19.4. The van der Waals surface area contributed by atoms with Crippen LogP contribution in [-0.4, -0.2) is 36.4 Å². The Bertz CT molecular complexity index is 327. The van der Waals surface area contributed by atoms with Gasteiger partial charge in [-0.25, -0.2) is 4.79 Å². The summed E-state index contributed by atoms with van der Waals surface area (Å²) < 4.78 is 35.5. The zero-order chi connectivity index (χ0) is 13.8. The summed E-state index contributed by atoms with van der Waals surface area (Å²) >= 11 is 0. The van der Waals surface area contributed by atoms with Crippen molar-refractivity contribution in [1.82, 2.24) is 10.6 Å². The van der Waals surface area contributed by atoms with Crippen LogP contribution in [0.5, 0.6) is 0 Å². The largest absolute Gasteiger partial charge is 0.481 e. The summed E-state index contributed by atoms with van der Waals surface area (Å²) in [5, 5.41) is 12.7. The molecule has 0 unspecified atom stereocenters. The Kier molecular flexibility index (Phi) is 4.42. The Morgan fingerprint density at radius 2 is 1.83 bits per heavy atom. The lowest BCUT2D eigenvalue weighted by Crippen LogP contribution is -2.48. The van der Waals surface area contributed by atoms with Gasteiger partial charge in [0, 0.05) is 6.54 Å². The van der Waals surface area contributed by atoms with Gasteiger partial charge >= 0.3 is 18.2 Å². The Balaban J connectivity index is 2.30. The number of aliphatic carboxylic acids is 1. The van der Waals surface area contributed by atoms with E-state index in [2.05, 4.69) is 5.32 Å². The second-order valence-electron chi connectivity index (χ2n) is 4.58. The molecule has 5 nitrogen and oxygen atoms in total. The van der Waals surface area contributed by atoms with Crippen molar-refractivity contribution < 1.29 is 27.9 Å². The molecule has 2 amide bonds. The van der Waals surface area contributed by atoms with Crippen LogP contribution in [0.15, 0.2) is 0 Å². The first-order valence-electron chi connectivity index (χ1n) is 5.53. The van der Waals surface area contributed by atoms with Gasteiger partial charge in [-0.3, -0.25) is 4.79 Å². The molecule has 1 aliphatic carbocycles. The Morgan fingerprint density at radius 1 is 1.22 bits per heavy atom. The number of carbonyl (C=O) groups excluding carboxylic acids is 1. The fourth-order valence-corrected chi connectivity index (χ4v) is 1.92. The number of rotatable bonds is 5. The third-order valence-electron chi connectivity index (χ3n) is 3.01. The third kappa shape index (κ3) is 4.80. The van der Waals surface area contributed by atoms with Crippen LogP contribution in [0.2, 0.25) is 0 Å². The van der Waals surface area contributed by atoms with Gasteiger partial charge in [0.15, 0.2) is 0 Å². The number of carboxylic acid groups (broad SMARTS) is 1. The monoisotopic (exact) mass is 268 g/mol. The molecule has 0 aromatic heterocycles. The van der Waals surface area contributed by atoms with Gasteiger partial charge in [-0.15, -0.1) is 0 Å². The third-order valence-corrected chi connectivity index (χ3v) is 3.01. The van der Waals surface area contributed by atoms with Crippen molar-refractivity contribution in [2.75, 3.05) is 13.1 Å². The number of alkyl halides is 3. The maximum atomic E-state index is 11.8. The van der Waals surface area contributed by atoms with Gasteiger partial charge in [-0.05, 0) is 18.3 Å². The summed E-state index contributed by atoms with van der Waals surface area (Å²) in [5.41, 5.74) is -0.499. The zero-order valence-electron chi connectivity index (χ0n) is 9.64. The van der Waals surface area contributed by atoms with Crippen LogP contribution >= 0.6 is 0 Å². The molecule has 0 aromatic rings. The maximum absolute atomic E-state index is 11.8. The number of halogens is 3. The van der Waals surface area contributed by atoms with Gasteiger partial charge < -0.3 is 15.7 Å². The van der Waals surface area contributed by atoms with E-state index in [1.807, 2.05) is 0 Å². The second kappa shape index (κ2) is 5.45. The highest BCUT2D eigenvalue weighted by molar-refractivity contribution is 5.74. The molecule has 8 heteroatoms. The number of carboxylic acids is 1.